The van der Waals surface area contributed by atoms with E-state index in [1.165, 1.54) is 6.07 Å². The predicted molar refractivity (Wildman–Crippen MR) is 77.7 cm³/mol. The van der Waals surface area contributed by atoms with Crippen molar-refractivity contribution in [2.45, 2.75) is 5.41 Å². The summed E-state index contributed by atoms with van der Waals surface area (Å²) in [6.07, 6.45) is 0. The molecule has 0 saturated carbocycles. The molecule has 23 heavy (non-hydrogen) atoms. The zero-order valence-electron chi connectivity index (χ0n) is 11.5. The largest absolute Gasteiger partial charge is 0.456 e. The van der Waals surface area contributed by atoms with Crippen molar-refractivity contribution in [1.82, 2.24) is 0 Å². The van der Waals surface area contributed by atoms with Crippen molar-refractivity contribution in [2.24, 2.45) is 5.73 Å². The van der Waals surface area contributed by atoms with Crippen molar-refractivity contribution < 1.29 is 19.1 Å². The summed E-state index contributed by atoms with van der Waals surface area (Å²) >= 11 is 6.05. The topological polar surface area (TPSA) is 114 Å². The number of nitrogens with one attached hydrogen (secondary N) is 1. The molecule has 8 heteroatoms. The Balaban J connectivity index is 2.14. The number of fused-ring (bicyclic) bond motifs is 3. The summed E-state index contributed by atoms with van der Waals surface area (Å²) in [5.74, 6) is -1.43. The number of Topliss-reactive ketones (excluding diaryl/α,β-unsaturated/α-hetero) is 1. The maximum absolute atomic E-state index is 12.8. The number of benzene rings is 1. The van der Waals surface area contributed by atoms with E-state index in [2.05, 4.69) is 5.32 Å². The average Bonchev–Trinajstić information content (AvgIpc) is 3.00. The third-order valence-electron chi connectivity index (χ3n) is 4.10. The van der Waals surface area contributed by atoms with Gasteiger partial charge in [0, 0.05) is 16.3 Å². The summed E-state index contributed by atoms with van der Waals surface area (Å²) in [7, 11) is 0. The molecule has 1 atom stereocenters. The molecule has 0 saturated heterocycles. The quantitative estimate of drug-likeness (QED) is 0.735. The van der Waals surface area contributed by atoms with E-state index in [-0.39, 0.29) is 29.6 Å². The summed E-state index contributed by atoms with van der Waals surface area (Å²) in [5.41, 5.74) is 4.75. The van der Waals surface area contributed by atoms with Crippen molar-refractivity contribution in [3.05, 3.63) is 51.8 Å². The van der Waals surface area contributed by atoms with Crippen LogP contribution in [0.4, 0.5) is 5.69 Å². The van der Waals surface area contributed by atoms with Crippen LogP contribution in [-0.2, 0) is 24.5 Å². The third kappa shape index (κ3) is 1.48. The van der Waals surface area contributed by atoms with Crippen LogP contribution in [0.1, 0.15) is 5.56 Å². The van der Waals surface area contributed by atoms with Crippen molar-refractivity contribution in [3.63, 3.8) is 0 Å². The molecule has 1 aromatic rings. The Morgan fingerprint density at radius 1 is 1.39 bits per heavy atom. The van der Waals surface area contributed by atoms with E-state index in [1.807, 2.05) is 6.07 Å². The monoisotopic (exact) mass is 329 g/mol. The summed E-state index contributed by atoms with van der Waals surface area (Å²) in [6, 6.07) is 6.62. The summed E-state index contributed by atoms with van der Waals surface area (Å²) < 4.78 is 10.4. The molecule has 3 heterocycles. The normalized spacial score (nSPS) is 24.9. The highest BCUT2D eigenvalue weighted by Crippen LogP contribution is 2.53. The molecule has 1 unspecified atom stereocenters. The SMILES string of the molecule is N#CC1=C(N)OC2=C(C(=O)CO2)C12C(=O)Nc1ccc(Cl)cc12. The summed E-state index contributed by atoms with van der Waals surface area (Å²) in [6.45, 7) is -0.276. The number of hydrogen-bond donors (Lipinski definition) is 2. The molecular weight excluding hydrogens is 322 g/mol. The molecule has 1 amide bonds. The Morgan fingerprint density at radius 3 is 2.91 bits per heavy atom. The van der Waals surface area contributed by atoms with Gasteiger partial charge in [0.05, 0.1) is 0 Å². The number of ether oxygens (including phenoxy) is 2. The minimum atomic E-state index is -1.69. The van der Waals surface area contributed by atoms with Gasteiger partial charge in [0.25, 0.3) is 5.95 Å². The van der Waals surface area contributed by atoms with Gasteiger partial charge in [-0.3, -0.25) is 9.59 Å². The van der Waals surface area contributed by atoms with E-state index in [1.54, 1.807) is 12.1 Å². The maximum Gasteiger partial charge on any atom is 0.295 e. The molecule has 7 nitrogen and oxygen atoms in total. The highest BCUT2D eigenvalue weighted by atomic mass is 35.5. The molecule has 3 aliphatic heterocycles. The first-order valence-corrected chi connectivity index (χ1v) is 6.98. The molecule has 1 aromatic carbocycles. The molecule has 0 bridgehead atoms. The van der Waals surface area contributed by atoms with Gasteiger partial charge < -0.3 is 20.5 Å². The Labute approximate surface area is 134 Å². The number of carbonyl (C=O) groups excluding carboxylic acids is 2. The van der Waals surface area contributed by atoms with Gasteiger partial charge in [-0.1, -0.05) is 11.6 Å². The Kier molecular flexibility index (Phi) is 2.54. The first-order chi connectivity index (χ1) is 11.0. The van der Waals surface area contributed by atoms with Crippen molar-refractivity contribution in [3.8, 4) is 6.07 Å². The maximum atomic E-state index is 12.8. The van der Waals surface area contributed by atoms with Crippen LogP contribution < -0.4 is 11.1 Å². The van der Waals surface area contributed by atoms with Gasteiger partial charge in [0.2, 0.25) is 17.6 Å². The number of hydrogen-bond acceptors (Lipinski definition) is 6. The van der Waals surface area contributed by atoms with Crippen LogP contribution in [0.5, 0.6) is 0 Å². The molecule has 0 radical (unpaired) electrons. The van der Waals surface area contributed by atoms with Crippen LogP contribution in [0.2, 0.25) is 5.02 Å². The van der Waals surface area contributed by atoms with Crippen molar-refractivity contribution >= 4 is 29.0 Å². The van der Waals surface area contributed by atoms with E-state index in [0.29, 0.717) is 16.3 Å². The van der Waals surface area contributed by atoms with Crippen LogP contribution in [-0.4, -0.2) is 18.3 Å². The average molecular weight is 330 g/mol. The Hall–Kier alpha value is -2.98. The molecule has 4 rings (SSSR count). The highest BCUT2D eigenvalue weighted by Gasteiger charge is 2.61. The highest BCUT2D eigenvalue weighted by molar-refractivity contribution is 6.31. The standard InChI is InChI=1S/C15H8ClN3O4/c16-6-1-2-9-7(3-6)15(14(21)19-9)8(4-17)12(18)23-13-11(15)10(20)5-22-13/h1-3H,5,18H2,(H,19,21). The van der Waals surface area contributed by atoms with Gasteiger partial charge in [-0.25, -0.2) is 0 Å². The van der Waals surface area contributed by atoms with E-state index < -0.39 is 17.1 Å². The number of carbonyl (C=O) groups is 2. The zero-order valence-corrected chi connectivity index (χ0v) is 12.2. The number of halogens is 1. The van der Waals surface area contributed by atoms with Crippen LogP contribution in [0.3, 0.4) is 0 Å². The predicted octanol–water partition coefficient (Wildman–Crippen LogP) is 1.06. The van der Waals surface area contributed by atoms with Crippen molar-refractivity contribution in [2.75, 3.05) is 11.9 Å². The van der Waals surface area contributed by atoms with Crippen LogP contribution in [0.15, 0.2) is 41.2 Å². The van der Waals surface area contributed by atoms with Gasteiger partial charge in [-0.15, -0.1) is 0 Å². The van der Waals surface area contributed by atoms with E-state index in [9.17, 15) is 14.9 Å². The molecule has 0 fully saturated rings. The summed E-state index contributed by atoms with van der Waals surface area (Å²) in [4.78, 5) is 25.2. The lowest BCUT2D eigenvalue weighted by Gasteiger charge is -2.31. The first-order valence-electron chi connectivity index (χ1n) is 6.60. The number of ketones is 1. The van der Waals surface area contributed by atoms with Gasteiger partial charge in [-0.05, 0) is 18.2 Å². The number of nitriles is 1. The fraction of sp³-hybridized carbons (Fsp3) is 0.133. The number of nitrogens with two attached hydrogens (primary N) is 1. The second-order valence-electron chi connectivity index (χ2n) is 5.22. The number of nitrogens with zero attached hydrogens (tertiary/aromatic N) is 1. The Morgan fingerprint density at radius 2 is 2.17 bits per heavy atom. The summed E-state index contributed by atoms with van der Waals surface area (Å²) in [5, 5.41) is 12.6. The number of amides is 1. The van der Waals surface area contributed by atoms with Crippen LogP contribution >= 0.6 is 11.6 Å². The molecule has 1 spiro atoms. The zero-order chi connectivity index (χ0) is 16.4. The number of anilines is 1. The van der Waals surface area contributed by atoms with Gasteiger partial charge in [0.15, 0.2) is 12.0 Å². The van der Waals surface area contributed by atoms with Gasteiger partial charge in [-0.2, -0.15) is 5.26 Å². The van der Waals surface area contributed by atoms with Gasteiger partial charge >= 0.3 is 0 Å². The fourth-order valence-corrected chi connectivity index (χ4v) is 3.37. The van der Waals surface area contributed by atoms with E-state index >= 15 is 0 Å². The lowest BCUT2D eigenvalue weighted by molar-refractivity contribution is -0.122. The van der Waals surface area contributed by atoms with Crippen LogP contribution in [0, 0.1) is 11.3 Å². The van der Waals surface area contributed by atoms with E-state index in [0.717, 1.165) is 0 Å². The second kappa shape index (κ2) is 4.27. The van der Waals surface area contributed by atoms with Crippen LogP contribution in [0.25, 0.3) is 0 Å². The molecular formula is C15H8ClN3O4. The van der Waals surface area contributed by atoms with E-state index in [4.69, 9.17) is 26.8 Å². The molecule has 0 aliphatic carbocycles. The molecule has 3 aliphatic rings. The van der Waals surface area contributed by atoms with Gasteiger partial charge in [0.1, 0.15) is 17.2 Å². The lowest BCUT2D eigenvalue weighted by atomic mass is 9.68. The molecule has 0 aromatic heterocycles. The fourth-order valence-electron chi connectivity index (χ4n) is 3.20. The minimum absolute atomic E-state index is 0.0261. The Bertz CT molecular complexity index is 912. The number of rotatable bonds is 0. The molecule has 3 N–H and O–H groups in total. The minimum Gasteiger partial charge on any atom is -0.456 e. The lowest BCUT2D eigenvalue weighted by Crippen LogP contribution is -2.44. The smallest absolute Gasteiger partial charge is 0.295 e. The molecule has 114 valence electrons. The first kappa shape index (κ1) is 13.7. The third-order valence-corrected chi connectivity index (χ3v) is 4.34. The second-order valence-corrected chi connectivity index (χ2v) is 5.66. The van der Waals surface area contributed by atoms with Crippen molar-refractivity contribution in [1.29, 1.82) is 5.26 Å².